The number of hydrogen-bond acceptors (Lipinski definition) is 3. The molecule has 1 aliphatic carbocycles. The van der Waals surface area contributed by atoms with E-state index in [9.17, 15) is 5.11 Å². The van der Waals surface area contributed by atoms with E-state index in [4.69, 9.17) is 5.73 Å². The van der Waals surface area contributed by atoms with E-state index in [1.165, 1.54) is 23.1 Å². The molecule has 4 N–H and O–H groups in total. The van der Waals surface area contributed by atoms with E-state index in [1.54, 1.807) is 0 Å². The summed E-state index contributed by atoms with van der Waals surface area (Å²) in [6.07, 6.45) is 3.47. The van der Waals surface area contributed by atoms with Crippen LogP contribution >= 0.6 is 0 Å². The number of aryl methyl sites for hydroxylation is 2. The van der Waals surface area contributed by atoms with Crippen LogP contribution in [-0.4, -0.2) is 24.3 Å². The minimum Gasteiger partial charge on any atom is -0.396 e. The largest absolute Gasteiger partial charge is 0.396 e. The molecular formula is C16H26N2O. The van der Waals surface area contributed by atoms with Gasteiger partial charge in [0, 0.05) is 25.2 Å². The first-order valence-electron chi connectivity index (χ1n) is 7.29. The molecular weight excluding hydrogens is 236 g/mol. The van der Waals surface area contributed by atoms with Crippen LogP contribution in [0.25, 0.3) is 0 Å². The van der Waals surface area contributed by atoms with Crippen molar-refractivity contribution in [2.24, 2.45) is 11.7 Å². The summed E-state index contributed by atoms with van der Waals surface area (Å²) < 4.78 is 0. The van der Waals surface area contributed by atoms with E-state index >= 15 is 0 Å². The molecule has 0 spiro atoms. The van der Waals surface area contributed by atoms with Gasteiger partial charge in [-0.3, -0.25) is 0 Å². The van der Waals surface area contributed by atoms with Crippen molar-refractivity contribution in [3.63, 3.8) is 0 Å². The van der Waals surface area contributed by atoms with Crippen molar-refractivity contribution in [2.75, 3.05) is 13.2 Å². The maximum atomic E-state index is 9.41. The lowest BCUT2D eigenvalue weighted by Gasteiger charge is -2.26. The van der Waals surface area contributed by atoms with Gasteiger partial charge in [0.05, 0.1) is 0 Å². The summed E-state index contributed by atoms with van der Waals surface area (Å²) in [5.74, 6) is 0.389. The molecule has 3 unspecified atom stereocenters. The predicted molar refractivity (Wildman–Crippen MR) is 79.1 cm³/mol. The third kappa shape index (κ3) is 3.56. The molecule has 0 heterocycles. The van der Waals surface area contributed by atoms with Crippen molar-refractivity contribution >= 4 is 0 Å². The maximum absolute atomic E-state index is 9.41. The van der Waals surface area contributed by atoms with Crippen LogP contribution in [0, 0.1) is 19.8 Å². The Labute approximate surface area is 116 Å². The second-order valence-corrected chi connectivity index (χ2v) is 5.86. The zero-order chi connectivity index (χ0) is 13.8. The molecule has 0 aliphatic heterocycles. The zero-order valence-corrected chi connectivity index (χ0v) is 12.0. The van der Waals surface area contributed by atoms with Gasteiger partial charge in [-0.2, -0.15) is 0 Å². The van der Waals surface area contributed by atoms with Gasteiger partial charge in [0.2, 0.25) is 0 Å². The van der Waals surface area contributed by atoms with Crippen LogP contribution in [0.2, 0.25) is 0 Å². The fourth-order valence-corrected chi connectivity index (χ4v) is 3.24. The van der Waals surface area contributed by atoms with Crippen LogP contribution < -0.4 is 11.1 Å². The van der Waals surface area contributed by atoms with E-state index < -0.39 is 0 Å². The number of aliphatic hydroxyl groups excluding tert-OH is 1. The van der Waals surface area contributed by atoms with Crippen molar-refractivity contribution in [3.8, 4) is 0 Å². The van der Waals surface area contributed by atoms with Crippen molar-refractivity contribution < 1.29 is 5.11 Å². The molecule has 1 fully saturated rings. The number of hydrogen-bond donors (Lipinski definition) is 3. The standard InChI is InChI=1S/C16H26N2O/c1-11-6-12(2)8-14(7-11)16(9-17)18-15-5-3-4-13(15)10-19/h6-8,13,15-16,18-19H,3-5,9-10,17H2,1-2H3. The molecule has 1 aliphatic rings. The highest BCUT2D eigenvalue weighted by Gasteiger charge is 2.28. The summed E-state index contributed by atoms with van der Waals surface area (Å²) in [4.78, 5) is 0. The molecule has 0 amide bonds. The Kier molecular flexibility index (Phi) is 4.97. The fraction of sp³-hybridized carbons (Fsp3) is 0.625. The Morgan fingerprint density at radius 2 is 1.95 bits per heavy atom. The lowest BCUT2D eigenvalue weighted by atomic mass is 9.98. The van der Waals surface area contributed by atoms with Gasteiger partial charge >= 0.3 is 0 Å². The number of aliphatic hydroxyl groups is 1. The number of rotatable bonds is 5. The molecule has 0 saturated heterocycles. The fourth-order valence-electron chi connectivity index (χ4n) is 3.24. The Morgan fingerprint density at radius 1 is 1.26 bits per heavy atom. The van der Waals surface area contributed by atoms with Crippen LogP contribution in [-0.2, 0) is 0 Å². The van der Waals surface area contributed by atoms with Gasteiger partial charge in [0.15, 0.2) is 0 Å². The third-order valence-electron chi connectivity index (χ3n) is 4.19. The van der Waals surface area contributed by atoms with Crippen LogP contribution in [0.15, 0.2) is 18.2 Å². The van der Waals surface area contributed by atoms with E-state index in [1.807, 2.05) is 0 Å². The lowest BCUT2D eigenvalue weighted by molar-refractivity contribution is 0.199. The Hall–Kier alpha value is -0.900. The quantitative estimate of drug-likeness (QED) is 0.761. The Morgan fingerprint density at radius 3 is 2.53 bits per heavy atom. The maximum Gasteiger partial charge on any atom is 0.0474 e. The summed E-state index contributed by atoms with van der Waals surface area (Å²) in [6.45, 7) is 5.12. The monoisotopic (exact) mass is 262 g/mol. The van der Waals surface area contributed by atoms with Gasteiger partial charge in [-0.15, -0.1) is 0 Å². The second kappa shape index (κ2) is 6.51. The number of benzene rings is 1. The normalized spacial score (nSPS) is 24.6. The Bertz CT molecular complexity index is 399. The molecule has 0 bridgehead atoms. The average Bonchev–Trinajstić information content (AvgIpc) is 2.81. The molecule has 1 aromatic carbocycles. The van der Waals surface area contributed by atoms with Gasteiger partial charge in [-0.1, -0.05) is 35.7 Å². The van der Waals surface area contributed by atoms with E-state index in [0.717, 1.165) is 12.8 Å². The summed E-state index contributed by atoms with van der Waals surface area (Å²) >= 11 is 0. The minimum absolute atomic E-state index is 0.191. The summed E-state index contributed by atoms with van der Waals surface area (Å²) in [5, 5.41) is 13.1. The molecule has 0 aromatic heterocycles. The van der Waals surface area contributed by atoms with Crippen molar-refractivity contribution in [1.29, 1.82) is 0 Å². The van der Waals surface area contributed by atoms with Gasteiger partial charge in [0.1, 0.15) is 0 Å². The highest BCUT2D eigenvalue weighted by molar-refractivity contribution is 5.31. The van der Waals surface area contributed by atoms with Crippen molar-refractivity contribution in [1.82, 2.24) is 5.32 Å². The lowest BCUT2D eigenvalue weighted by Crippen LogP contribution is -2.39. The van der Waals surface area contributed by atoms with Crippen molar-refractivity contribution in [3.05, 3.63) is 34.9 Å². The minimum atomic E-state index is 0.191. The van der Waals surface area contributed by atoms with Crippen LogP contribution in [0.5, 0.6) is 0 Å². The molecule has 2 rings (SSSR count). The highest BCUT2D eigenvalue weighted by atomic mass is 16.3. The molecule has 3 heteroatoms. The summed E-state index contributed by atoms with van der Waals surface area (Å²) in [5.41, 5.74) is 9.77. The molecule has 106 valence electrons. The second-order valence-electron chi connectivity index (χ2n) is 5.86. The third-order valence-corrected chi connectivity index (χ3v) is 4.19. The van der Waals surface area contributed by atoms with Gasteiger partial charge in [-0.25, -0.2) is 0 Å². The topological polar surface area (TPSA) is 58.3 Å². The molecule has 1 saturated carbocycles. The van der Waals surface area contributed by atoms with Gasteiger partial charge in [-0.05, 0) is 38.2 Å². The summed E-state index contributed by atoms with van der Waals surface area (Å²) in [6, 6.07) is 7.19. The highest BCUT2D eigenvalue weighted by Crippen LogP contribution is 2.27. The van der Waals surface area contributed by atoms with E-state index in [-0.39, 0.29) is 12.6 Å². The molecule has 3 nitrogen and oxygen atoms in total. The first kappa shape index (κ1) is 14.5. The van der Waals surface area contributed by atoms with Crippen molar-refractivity contribution in [2.45, 2.75) is 45.2 Å². The first-order chi connectivity index (χ1) is 9.13. The number of nitrogens with two attached hydrogens (primary N) is 1. The van der Waals surface area contributed by atoms with Gasteiger partial charge in [0.25, 0.3) is 0 Å². The first-order valence-corrected chi connectivity index (χ1v) is 7.29. The van der Waals surface area contributed by atoms with E-state index in [0.29, 0.717) is 18.5 Å². The molecule has 3 atom stereocenters. The zero-order valence-electron chi connectivity index (χ0n) is 12.0. The Balaban J connectivity index is 2.11. The van der Waals surface area contributed by atoms with Gasteiger partial charge < -0.3 is 16.2 Å². The molecule has 0 radical (unpaired) electrons. The smallest absolute Gasteiger partial charge is 0.0474 e. The van der Waals surface area contributed by atoms with E-state index in [2.05, 4.69) is 37.4 Å². The molecule has 1 aromatic rings. The SMILES string of the molecule is Cc1cc(C)cc(C(CN)NC2CCCC2CO)c1. The van der Waals surface area contributed by atoms with Crippen LogP contribution in [0.1, 0.15) is 42.0 Å². The average molecular weight is 262 g/mol. The predicted octanol–water partition coefficient (Wildman–Crippen LogP) is 2.05. The number of nitrogens with one attached hydrogen (secondary N) is 1. The summed E-state index contributed by atoms with van der Waals surface area (Å²) in [7, 11) is 0. The van der Waals surface area contributed by atoms with Crippen LogP contribution in [0.4, 0.5) is 0 Å². The molecule has 19 heavy (non-hydrogen) atoms. The van der Waals surface area contributed by atoms with Crippen LogP contribution in [0.3, 0.4) is 0 Å².